The summed E-state index contributed by atoms with van der Waals surface area (Å²) >= 11 is 0. The molecule has 168 valence electrons. The average Bonchev–Trinajstić information content (AvgIpc) is 2.80. The summed E-state index contributed by atoms with van der Waals surface area (Å²) in [5.74, 6) is 1.54. The molecule has 3 N–H and O–H groups in total. The smallest absolute Gasteiger partial charge is 0.134 e. The van der Waals surface area contributed by atoms with Crippen molar-refractivity contribution in [3.05, 3.63) is 42.0 Å². The zero-order valence-electron chi connectivity index (χ0n) is 18.0. The first-order valence-corrected chi connectivity index (χ1v) is 11.2. The number of nitrogens with zero attached hydrogens (tertiary/aromatic N) is 4. The summed E-state index contributed by atoms with van der Waals surface area (Å²) in [6.45, 7) is 5.41. The van der Waals surface area contributed by atoms with Gasteiger partial charge in [-0.3, -0.25) is 0 Å². The summed E-state index contributed by atoms with van der Waals surface area (Å²) in [7, 11) is 0. The maximum atomic E-state index is 14.1. The number of rotatable bonds is 6. The van der Waals surface area contributed by atoms with Gasteiger partial charge >= 0.3 is 0 Å². The van der Waals surface area contributed by atoms with E-state index in [9.17, 15) is 14.6 Å². The van der Waals surface area contributed by atoms with E-state index in [1.165, 1.54) is 6.07 Å². The lowest BCUT2D eigenvalue weighted by Gasteiger charge is -2.34. The molecule has 4 rings (SSSR count). The van der Waals surface area contributed by atoms with Crippen LogP contribution in [0.15, 0.2) is 30.6 Å². The van der Waals surface area contributed by atoms with E-state index in [0.717, 1.165) is 68.9 Å². The predicted octanol–water partition coefficient (Wildman–Crippen LogP) is 2.96. The minimum absolute atomic E-state index is 0.160. The first-order valence-electron chi connectivity index (χ1n) is 11.2. The van der Waals surface area contributed by atoms with Crippen molar-refractivity contribution in [2.75, 3.05) is 47.9 Å². The fourth-order valence-electron chi connectivity index (χ4n) is 4.59. The van der Waals surface area contributed by atoms with E-state index in [4.69, 9.17) is 0 Å². The van der Waals surface area contributed by atoms with Crippen molar-refractivity contribution in [2.24, 2.45) is 5.92 Å². The van der Waals surface area contributed by atoms with E-state index < -0.39 is 0 Å². The van der Waals surface area contributed by atoms with E-state index in [0.29, 0.717) is 5.82 Å². The molecule has 0 bridgehead atoms. The molecule has 2 aliphatic heterocycles. The number of nitrogens with one attached hydrogen (secondary N) is 1. The number of hydrogen-bond donors (Lipinski definition) is 3. The Hall–Kier alpha value is -2.45. The molecule has 1 aromatic heterocycles. The summed E-state index contributed by atoms with van der Waals surface area (Å²) in [6.07, 6.45) is 4.81. The molecule has 3 heterocycles. The second kappa shape index (κ2) is 9.78. The molecule has 0 radical (unpaired) electrons. The first-order chi connectivity index (χ1) is 15.0. The van der Waals surface area contributed by atoms with Gasteiger partial charge < -0.3 is 25.3 Å². The normalized spacial score (nSPS) is 21.2. The lowest BCUT2D eigenvalue weighted by atomic mass is 9.99. The van der Waals surface area contributed by atoms with Gasteiger partial charge in [0.15, 0.2) is 0 Å². The van der Waals surface area contributed by atoms with Gasteiger partial charge in [-0.15, -0.1) is 0 Å². The van der Waals surface area contributed by atoms with E-state index in [1.807, 2.05) is 19.1 Å². The van der Waals surface area contributed by atoms with E-state index in [-0.39, 0.29) is 30.5 Å². The van der Waals surface area contributed by atoms with Crippen LogP contribution in [-0.2, 0) is 0 Å². The third kappa shape index (κ3) is 5.25. The van der Waals surface area contributed by atoms with Gasteiger partial charge in [-0.2, -0.15) is 0 Å². The predicted molar refractivity (Wildman–Crippen MR) is 120 cm³/mol. The second-order valence-corrected chi connectivity index (χ2v) is 8.69. The van der Waals surface area contributed by atoms with Gasteiger partial charge in [0.2, 0.25) is 0 Å². The Kier molecular flexibility index (Phi) is 6.87. The highest BCUT2D eigenvalue weighted by Crippen LogP contribution is 2.32. The number of halogens is 1. The van der Waals surface area contributed by atoms with Crippen molar-refractivity contribution < 1.29 is 14.6 Å². The molecule has 2 fully saturated rings. The molecule has 31 heavy (non-hydrogen) atoms. The van der Waals surface area contributed by atoms with Crippen molar-refractivity contribution in [1.29, 1.82) is 0 Å². The van der Waals surface area contributed by atoms with Crippen LogP contribution >= 0.6 is 0 Å². The molecular formula is C23H32FN5O2. The van der Waals surface area contributed by atoms with E-state index in [1.54, 1.807) is 12.4 Å². The summed E-state index contributed by atoms with van der Waals surface area (Å²) in [5.41, 5.74) is 1.86. The number of benzene rings is 1. The Balaban J connectivity index is 1.51. The zero-order valence-corrected chi connectivity index (χ0v) is 18.0. The monoisotopic (exact) mass is 429 g/mol. The maximum Gasteiger partial charge on any atom is 0.134 e. The number of aliphatic hydroxyl groups excluding tert-OH is 2. The molecule has 2 unspecified atom stereocenters. The minimum Gasteiger partial charge on any atom is -0.396 e. The molecule has 7 nitrogen and oxygen atoms in total. The van der Waals surface area contributed by atoms with Crippen LogP contribution in [0, 0.1) is 11.7 Å². The van der Waals surface area contributed by atoms with Crippen molar-refractivity contribution >= 4 is 17.3 Å². The van der Waals surface area contributed by atoms with Crippen LogP contribution in [0.5, 0.6) is 0 Å². The largest absolute Gasteiger partial charge is 0.396 e. The van der Waals surface area contributed by atoms with Crippen molar-refractivity contribution in [2.45, 2.75) is 44.8 Å². The highest BCUT2D eigenvalue weighted by molar-refractivity contribution is 5.58. The molecule has 8 heteroatoms. The van der Waals surface area contributed by atoms with Gasteiger partial charge in [0.25, 0.3) is 0 Å². The van der Waals surface area contributed by atoms with Crippen LogP contribution in [0.1, 0.15) is 44.2 Å². The van der Waals surface area contributed by atoms with Gasteiger partial charge in [-0.1, -0.05) is 0 Å². The third-order valence-corrected chi connectivity index (χ3v) is 6.38. The summed E-state index contributed by atoms with van der Waals surface area (Å²) in [4.78, 5) is 13.2. The van der Waals surface area contributed by atoms with Gasteiger partial charge in [0.1, 0.15) is 23.8 Å². The van der Waals surface area contributed by atoms with Crippen molar-refractivity contribution in [3.63, 3.8) is 0 Å². The number of hydrogen-bond acceptors (Lipinski definition) is 7. The Morgan fingerprint density at radius 1 is 1.13 bits per heavy atom. The minimum atomic E-state index is -0.267. The quantitative estimate of drug-likeness (QED) is 0.651. The van der Waals surface area contributed by atoms with Crippen LogP contribution in [0.2, 0.25) is 0 Å². The molecular weight excluding hydrogens is 397 g/mol. The fourth-order valence-corrected chi connectivity index (χ4v) is 4.59. The van der Waals surface area contributed by atoms with Crippen LogP contribution in [0.3, 0.4) is 0 Å². The summed E-state index contributed by atoms with van der Waals surface area (Å²) in [5, 5.41) is 22.7. The molecule has 0 spiro atoms. The van der Waals surface area contributed by atoms with Crippen molar-refractivity contribution in [3.8, 4) is 0 Å². The third-order valence-electron chi connectivity index (χ3n) is 6.38. The highest BCUT2D eigenvalue weighted by Gasteiger charge is 2.23. The lowest BCUT2D eigenvalue weighted by molar-refractivity contribution is 0.145. The summed E-state index contributed by atoms with van der Waals surface area (Å²) in [6, 6.07) is 6.66. The fraction of sp³-hybridized carbons (Fsp3) is 0.565. The van der Waals surface area contributed by atoms with Crippen LogP contribution in [-0.4, -0.2) is 59.1 Å². The Labute approximate surface area is 182 Å². The van der Waals surface area contributed by atoms with E-state index in [2.05, 4.69) is 25.1 Å². The molecule has 2 saturated heterocycles. The van der Waals surface area contributed by atoms with Crippen LogP contribution in [0.25, 0.3) is 0 Å². The van der Waals surface area contributed by atoms with Crippen LogP contribution < -0.4 is 15.1 Å². The molecule has 0 aliphatic carbocycles. The second-order valence-electron chi connectivity index (χ2n) is 8.69. The standard InChI is InChI=1S/C23H32FN5O2/c1-16(20-11-18(24)4-5-21(20)28-9-6-19(31)7-10-28)27-22-12-23(26-15-25-22)29-8-2-3-17(13-29)14-30/h4-5,11-12,15-17,19,30-31H,2-3,6-10,13-14H2,1H3,(H,25,26,27). The zero-order chi connectivity index (χ0) is 21.8. The molecule has 0 saturated carbocycles. The average molecular weight is 430 g/mol. The SMILES string of the molecule is CC(Nc1cc(N2CCCC(CO)C2)ncn1)c1cc(F)ccc1N1CCC(O)CC1. The van der Waals surface area contributed by atoms with Gasteiger partial charge in [-0.25, -0.2) is 14.4 Å². The Morgan fingerprint density at radius 2 is 1.94 bits per heavy atom. The number of anilines is 3. The Morgan fingerprint density at radius 3 is 2.71 bits per heavy atom. The number of aliphatic hydroxyl groups is 2. The molecule has 2 atom stereocenters. The number of aromatic nitrogens is 2. The van der Waals surface area contributed by atoms with Gasteiger partial charge in [-0.05, 0) is 56.7 Å². The van der Waals surface area contributed by atoms with Gasteiger partial charge in [0, 0.05) is 50.1 Å². The lowest BCUT2D eigenvalue weighted by Crippen LogP contribution is -2.37. The Bertz CT molecular complexity index is 875. The van der Waals surface area contributed by atoms with E-state index >= 15 is 0 Å². The van der Waals surface area contributed by atoms with Crippen molar-refractivity contribution in [1.82, 2.24) is 9.97 Å². The number of piperidine rings is 2. The molecule has 0 amide bonds. The maximum absolute atomic E-state index is 14.1. The molecule has 2 aliphatic rings. The summed E-state index contributed by atoms with van der Waals surface area (Å²) < 4.78 is 14.1. The highest BCUT2D eigenvalue weighted by atomic mass is 19.1. The van der Waals surface area contributed by atoms with Crippen LogP contribution in [0.4, 0.5) is 21.7 Å². The molecule has 1 aromatic carbocycles. The van der Waals surface area contributed by atoms with Gasteiger partial charge in [0.05, 0.1) is 12.1 Å². The topological polar surface area (TPSA) is 84.8 Å². The molecule has 2 aromatic rings. The first kappa shape index (κ1) is 21.8.